The van der Waals surface area contributed by atoms with Crippen LogP contribution in [0, 0.1) is 5.92 Å². The predicted octanol–water partition coefficient (Wildman–Crippen LogP) is 2.82. The smallest absolute Gasteiger partial charge is 0.399 e. The molecule has 1 aromatic carbocycles. The van der Waals surface area contributed by atoms with Gasteiger partial charge in [-0.1, -0.05) is 38.1 Å². The van der Waals surface area contributed by atoms with Gasteiger partial charge in [0.1, 0.15) is 0 Å². The van der Waals surface area contributed by atoms with E-state index in [1.165, 1.54) is 0 Å². The minimum Gasteiger partial charge on any atom is -0.399 e. The molecule has 0 amide bonds. The van der Waals surface area contributed by atoms with Gasteiger partial charge in [-0.15, -0.1) is 0 Å². The van der Waals surface area contributed by atoms with Gasteiger partial charge in [-0.3, -0.25) is 4.79 Å². The molecule has 2 rings (SSSR count). The molecule has 0 spiro atoms. The highest BCUT2D eigenvalue weighted by molar-refractivity contribution is 6.62. The maximum atomic E-state index is 11.3. The third kappa shape index (κ3) is 2.43. The zero-order chi connectivity index (χ0) is 15.1. The van der Waals surface area contributed by atoms with Gasteiger partial charge >= 0.3 is 7.12 Å². The van der Waals surface area contributed by atoms with Crippen LogP contribution in [0.15, 0.2) is 24.3 Å². The SMILES string of the molecule is CC(=O)c1ccc(B2OC(C)(C)C(C)(C(C)C)O2)cc1. The Kier molecular flexibility index (Phi) is 3.82. The molecule has 0 N–H and O–H groups in total. The first-order valence-corrected chi connectivity index (χ1v) is 7.14. The van der Waals surface area contributed by atoms with Crippen molar-refractivity contribution in [1.29, 1.82) is 0 Å². The van der Waals surface area contributed by atoms with Gasteiger partial charge < -0.3 is 9.31 Å². The molecule has 1 fully saturated rings. The van der Waals surface area contributed by atoms with Crippen LogP contribution in [0.25, 0.3) is 0 Å². The molecule has 1 heterocycles. The first-order valence-electron chi connectivity index (χ1n) is 7.14. The Morgan fingerprint density at radius 2 is 1.65 bits per heavy atom. The van der Waals surface area contributed by atoms with E-state index in [0.29, 0.717) is 11.5 Å². The van der Waals surface area contributed by atoms with Crippen molar-refractivity contribution in [2.75, 3.05) is 0 Å². The van der Waals surface area contributed by atoms with Crippen molar-refractivity contribution in [3.05, 3.63) is 29.8 Å². The lowest BCUT2D eigenvalue weighted by atomic mass is 9.78. The van der Waals surface area contributed by atoms with E-state index in [9.17, 15) is 4.79 Å². The quantitative estimate of drug-likeness (QED) is 0.628. The van der Waals surface area contributed by atoms with E-state index in [0.717, 1.165) is 5.46 Å². The van der Waals surface area contributed by atoms with Gasteiger partial charge in [0.15, 0.2) is 5.78 Å². The van der Waals surface area contributed by atoms with Crippen LogP contribution in [0.3, 0.4) is 0 Å². The lowest BCUT2D eigenvalue weighted by Gasteiger charge is -2.39. The Bertz CT molecular complexity index is 507. The number of Topliss-reactive ketones (excluding diaryl/α,β-unsaturated/α-hetero) is 1. The lowest BCUT2D eigenvalue weighted by Crippen LogP contribution is -2.48. The Morgan fingerprint density at radius 1 is 1.10 bits per heavy atom. The first kappa shape index (κ1) is 15.3. The molecule has 1 aromatic rings. The molecule has 108 valence electrons. The number of ketones is 1. The number of carbonyl (C=O) groups excluding carboxylic acids is 1. The van der Waals surface area contributed by atoms with E-state index < -0.39 is 0 Å². The molecule has 0 aromatic heterocycles. The largest absolute Gasteiger partial charge is 0.494 e. The van der Waals surface area contributed by atoms with Crippen LogP contribution >= 0.6 is 0 Å². The number of rotatable bonds is 3. The minimum atomic E-state index is -0.376. The second kappa shape index (κ2) is 5.01. The summed E-state index contributed by atoms with van der Waals surface area (Å²) < 4.78 is 12.3. The van der Waals surface area contributed by atoms with Crippen molar-refractivity contribution < 1.29 is 14.1 Å². The van der Waals surface area contributed by atoms with E-state index in [-0.39, 0.29) is 24.1 Å². The van der Waals surface area contributed by atoms with E-state index in [1.54, 1.807) is 6.92 Å². The van der Waals surface area contributed by atoms with Gasteiger partial charge in [-0.2, -0.15) is 0 Å². The van der Waals surface area contributed by atoms with Crippen LogP contribution in [-0.4, -0.2) is 24.1 Å². The molecule has 1 unspecified atom stereocenters. The zero-order valence-electron chi connectivity index (χ0n) is 13.2. The Hall–Kier alpha value is -1.13. The summed E-state index contributed by atoms with van der Waals surface area (Å²) in [7, 11) is -0.376. The van der Waals surface area contributed by atoms with Crippen molar-refractivity contribution in [3.8, 4) is 0 Å². The van der Waals surface area contributed by atoms with Crippen LogP contribution in [0.4, 0.5) is 0 Å². The minimum absolute atomic E-state index is 0.0668. The molecule has 1 saturated heterocycles. The topological polar surface area (TPSA) is 35.5 Å². The van der Waals surface area contributed by atoms with Gasteiger partial charge in [0, 0.05) is 5.56 Å². The van der Waals surface area contributed by atoms with E-state index in [2.05, 4.69) is 34.6 Å². The van der Waals surface area contributed by atoms with Gasteiger partial charge in [0.25, 0.3) is 0 Å². The number of hydrogen-bond donors (Lipinski definition) is 0. The Morgan fingerprint density at radius 3 is 2.05 bits per heavy atom. The molecule has 0 radical (unpaired) electrons. The molecule has 1 atom stereocenters. The highest BCUT2D eigenvalue weighted by Crippen LogP contribution is 2.42. The van der Waals surface area contributed by atoms with Gasteiger partial charge in [0.05, 0.1) is 11.2 Å². The molecule has 1 aliphatic heterocycles. The maximum absolute atomic E-state index is 11.3. The average Bonchev–Trinajstić information content (AvgIpc) is 2.61. The summed E-state index contributed by atoms with van der Waals surface area (Å²) in [6.07, 6.45) is 0. The molecular weight excluding hydrogens is 251 g/mol. The molecule has 3 nitrogen and oxygen atoms in total. The fraction of sp³-hybridized carbons (Fsp3) is 0.562. The molecule has 0 bridgehead atoms. The van der Waals surface area contributed by atoms with Gasteiger partial charge in [-0.25, -0.2) is 0 Å². The van der Waals surface area contributed by atoms with Crippen LogP contribution in [0.1, 0.15) is 51.9 Å². The summed E-state index contributed by atoms with van der Waals surface area (Å²) in [6.45, 7) is 12.1. The van der Waals surface area contributed by atoms with E-state index in [4.69, 9.17) is 9.31 Å². The van der Waals surface area contributed by atoms with Crippen LogP contribution in [0.2, 0.25) is 0 Å². The third-order valence-corrected chi connectivity index (χ3v) is 4.64. The summed E-state index contributed by atoms with van der Waals surface area (Å²) in [5.41, 5.74) is 0.965. The summed E-state index contributed by atoms with van der Waals surface area (Å²) in [4.78, 5) is 11.3. The first-order chi connectivity index (χ1) is 9.17. The highest BCUT2D eigenvalue weighted by Gasteiger charge is 2.55. The van der Waals surface area contributed by atoms with E-state index >= 15 is 0 Å². The van der Waals surface area contributed by atoms with Crippen LogP contribution < -0.4 is 5.46 Å². The number of hydrogen-bond acceptors (Lipinski definition) is 3. The fourth-order valence-corrected chi connectivity index (χ4v) is 2.62. The van der Waals surface area contributed by atoms with Gasteiger partial charge in [0.2, 0.25) is 0 Å². The van der Waals surface area contributed by atoms with Crippen molar-refractivity contribution >= 4 is 18.4 Å². The fourth-order valence-electron chi connectivity index (χ4n) is 2.62. The summed E-state index contributed by atoms with van der Waals surface area (Å²) in [5.74, 6) is 0.413. The molecule has 4 heteroatoms. The predicted molar refractivity (Wildman–Crippen MR) is 81.3 cm³/mol. The van der Waals surface area contributed by atoms with Gasteiger partial charge in [-0.05, 0) is 39.1 Å². The summed E-state index contributed by atoms with van der Waals surface area (Å²) in [6, 6.07) is 7.46. The third-order valence-electron chi connectivity index (χ3n) is 4.64. The van der Waals surface area contributed by atoms with Crippen molar-refractivity contribution in [2.45, 2.75) is 52.7 Å². The standard InChI is InChI=1S/C16H23BO3/c1-11(2)16(6)15(4,5)19-17(20-16)14-9-7-13(8-10-14)12(3)18/h7-11H,1-6H3. The normalized spacial score (nSPS) is 25.2. The number of benzene rings is 1. The summed E-state index contributed by atoms with van der Waals surface area (Å²) >= 11 is 0. The molecule has 1 aliphatic rings. The highest BCUT2D eigenvalue weighted by atomic mass is 16.7. The second-order valence-electron chi connectivity index (χ2n) is 6.52. The summed E-state index contributed by atoms with van der Waals surface area (Å²) in [5, 5.41) is 0. The van der Waals surface area contributed by atoms with E-state index in [1.807, 2.05) is 24.3 Å². The zero-order valence-corrected chi connectivity index (χ0v) is 13.2. The average molecular weight is 274 g/mol. The second-order valence-corrected chi connectivity index (χ2v) is 6.52. The van der Waals surface area contributed by atoms with Crippen LogP contribution in [0.5, 0.6) is 0 Å². The molecule has 20 heavy (non-hydrogen) atoms. The molecule has 0 aliphatic carbocycles. The molecule has 0 saturated carbocycles. The Balaban J connectivity index is 2.26. The molecular formula is C16H23BO3. The number of carbonyl (C=O) groups is 1. The van der Waals surface area contributed by atoms with Crippen molar-refractivity contribution in [3.63, 3.8) is 0 Å². The van der Waals surface area contributed by atoms with Crippen molar-refractivity contribution in [2.24, 2.45) is 5.92 Å². The Labute approximate surface area is 121 Å². The maximum Gasteiger partial charge on any atom is 0.494 e. The van der Waals surface area contributed by atoms with Crippen molar-refractivity contribution in [1.82, 2.24) is 0 Å². The van der Waals surface area contributed by atoms with Crippen LogP contribution in [-0.2, 0) is 9.31 Å². The lowest BCUT2D eigenvalue weighted by molar-refractivity contribution is -0.0435. The monoisotopic (exact) mass is 274 g/mol.